The maximum absolute atomic E-state index is 12.4. The summed E-state index contributed by atoms with van der Waals surface area (Å²) in [6.45, 7) is 0. The Morgan fingerprint density at radius 2 is 1.67 bits per heavy atom. The zero-order valence-corrected chi connectivity index (χ0v) is 19.4. The molecular weight excluding hydrogens is 486 g/mol. The average Bonchev–Trinajstić information content (AvgIpc) is 3.33. The van der Waals surface area contributed by atoms with E-state index in [2.05, 4.69) is 47.2 Å². The van der Waals surface area contributed by atoms with Crippen molar-refractivity contribution in [1.82, 2.24) is 25.5 Å². The molecule has 0 unspecified atom stereocenters. The minimum atomic E-state index is -0.347. The van der Waals surface area contributed by atoms with Crippen molar-refractivity contribution >= 4 is 39.2 Å². The smallest absolute Gasteiger partial charge is 0.323 e. The Labute approximate surface area is 198 Å². The van der Waals surface area contributed by atoms with E-state index in [1.165, 1.54) is 4.90 Å². The van der Waals surface area contributed by atoms with Crippen molar-refractivity contribution in [1.29, 1.82) is 0 Å². The van der Waals surface area contributed by atoms with Crippen LogP contribution in [0.25, 0.3) is 22.5 Å². The van der Waals surface area contributed by atoms with E-state index in [0.29, 0.717) is 28.3 Å². The molecular formula is C23H20BrN7O2. The minimum Gasteiger partial charge on any atom is -0.345 e. The van der Waals surface area contributed by atoms with Gasteiger partial charge in [-0.25, -0.2) is 4.79 Å². The van der Waals surface area contributed by atoms with Crippen molar-refractivity contribution in [3.05, 3.63) is 76.8 Å². The molecule has 10 heteroatoms. The highest BCUT2D eigenvalue weighted by Crippen LogP contribution is 2.32. The van der Waals surface area contributed by atoms with Gasteiger partial charge in [-0.2, -0.15) is 5.21 Å². The SMILES string of the molecule is CN(C)C(=O)c1ccc(-c2ccc(NC(=O)Nc3cccc(Br)c3)cc2)c(-c2nn[nH]n2)c1. The van der Waals surface area contributed by atoms with E-state index in [9.17, 15) is 9.59 Å². The van der Waals surface area contributed by atoms with E-state index in [4.69, 9.17) is 0 Å². The van der Waals surface area contributed by atoms with Gasteiger partial charge in [0.2, 0.25) is 5.82 Å². The van der Waals surface area contributed by atoms with E-state index >= 15 is 0 Å². The average molecular weight is 506 g/mol. The number of benzene rings is 3. The number of carbonyl (C=O) groups excluding carboxylic acids is 2. The maximum Gasteiger partial charge on any atom is 0.323 e. The van der Waals surface area contributed by atoms with Crippen LogP contribution in [0.1, 0.15) is 10.4 Å². The van der Waals surface area contributed by atoms with Crippen molar-refractivity contribution in [2.24, 2.45) is 0 Å². The first-order valence-corrected chi connectivity index (χ1v) is 10.7. The molecule has 0 saturated carbocycles. The van der Waals surface area contributed by atoms with Gasteiger partial charge in [0, 0.05) is 41.1 Å². The van der Waals surface area contributed by atoms with Crippen LogP contribution in [0.4, 0.5) is 16.2 Å². The van der Waals surface area contributed by atoms with E-state index in [1.54, 1.807) is 44.4 Å². The fourth-order valence-electron chi connectivity index (χ4n) is 3.24. The van der Waals surface area contributed by atoms with Crippen LogP contribution in [0.2, 0.25) is 0 Å². The summed E-state index contributed by atoms with van der Waals surface area (Å²) in [5, 5.41) is 19.9. The number of aromatic nitrogens is 4. The normalized spacial score (nSPS) is 10.5. The minimum absolute atomic E-state index is 0.123. The molecule has 0 aliphatic rings. The Bertz CT molecular complexity index is 1290. The summed E-state index contributed by atoms with van der Waals surface area (Å²) < 4.78 is 0.875. The number of rotatable bonds is 5. The third kappa shape index (κ3) is 5.24. The molecule has 0 atom stereocenters. The highest BCUT2D eigenvalue weighted by atomic mass is 79.9. The van der Waals surface area contributed by atoms with Gasteiger partial charge >= 0.3 is 6.03 Å². The maximum atomic E-state index is 12.4. The third-order valence-electron chi connectivity index (χ3n) is 4.80. The second kappa shape index (κ2) is 9.61. The largest absolute Gasteiger partial charge is 0.345 e. The van der Waals surface area contributed by atoms with Crippen LogP contribution in [0.3, 0.4) is 0 Å². The third-order valence-corrected chi connectivity index (χ3v) is 5.29. The molecule has 4 rings (SSSR count). The first-order valence-electron chi connectivity index (χ1n) is 9.94. The van der Waals surface area contributed by atoms with Gasteiger partial charge in [0.25, 0.3) is 5.91 Å². The molecule has 166 valence electrons. The van der Waals surface area contributed by atoms with Crippen molar-refractivity contribution in [3.63, 3.8) is 0 Å². The second-order valence-electron chi connectivity index (χ2n) is 7.36. The number of amides is 3. The van der Waals surface area contributed by atoms with Crippen LogP contribution in [-0.2, 0) is 0 Å². The van der Waals surface area contributed by atoms with Crippen LogP contribution in [0.5, 0.6) is 0 Å². The predicted molar refractivity (Wildman–Crippen MR) is 130 cm³/mol. The Morgan fingerprint density at radius 3 is 2.33 bits per heavy atom. The van der Waals surface area contributed by atoms with Gasteiger partial charge in [0.1, 0.15) is 0 Å². The monoisotopic (exact) mass is 505 g/mol. The van der Waals surface area contributed by atoms with E-state index in [1.807, 2.05) is 36.4 Å². The molecule has 0 aliphatic carbocycles. The molecule has 3 N–H and O–H groups in total. The summed E-state index contributed by atoms with van der Waals surface area (Å²) in [7, 11) is 3.39. The summed E-state index contributed by atoms with van der Waals surface area (Å²) in [4.78, 5) is 26.2. The van der Waals surface area contributed by atoms with E-state index in [-0.39, 0.29) is 11.9 Å². The number of H-pyrrole nitrogens is 1. The molecule has 1 aromatic heterocycles. The number of nitrogens with one attached hydrogen (secondary N) is 3. The molecule has 4 aromatic rings. The Morgan fingerprint density at radius 1 is 0.909 bits per heavy atom. The lowest BCUT2D eigenvalue weighted by atomic mass is 9.96. The van der Waals surface area contributed by atoms with Crippen LogP contribution in [-0.4, -0.2) is 51.6 Å². The lowest BCUT2D eigenvalue weighted by Crippen LogP contribution is -2.21. The number of anilines is 2. The molecule has 0 fully saturated rings. The summed E-state index contributed by atoms with van der Waals surface area (Å²) in [6.07, 6.45) is 0. The number of hydrogen-bond donors (Lipinski definition) is 3. The Hall–Kier alpha value is -4.05. The molecule has 3 amide bonds. The van der Waals surface area contributed by atoms with Crippen LogP contribution < -0.4 is 10.6 Å². The number of tetrazole rings is 1. The molecule has 9 nitrogen and oxygen atoms in total. The molecule has 0 bridgehead atoms. The number of halogens is 1. The second-order valence-corrected chi connectivity index (χ2v) is 8.28. The number of carbonyl (C=O) groups is 2. The summed E-state index contributed by atoms with van der Waals surface area (Å²) in [5.41, 5.74) is 4.20. The standard InChI is InChI=1S/C23H20BrN7O2/c1-31(2)22(32)15-8-11-19(20(12-15)21-27-29-30-28-21)14-6-9-17(10-7-14)25-23(33)26-18-5-3-4-16(24)13-18/h3-13H,1-2H3,(H2,25,26,33)(H,27,28,29,30). The Kier molecular flexibility index (Phi) is 6.45. The van der Waals surface area contributed by atoms with Crippen LogP contribution in [0.15, 0.2) is 71.2 Å². The lowest BCUT2D eigenvalue weighted by molar-refractivity contribution is 0.0827. The van der Waals surface area contributed by atoms with Gasteiger partial charge < -0.3 is 15.5 Å². The number of urea groups is 1. The van der Waals surface area contributed by atoms with Gasteiger partial charge in [-0.15, -0.1) is 10.2 Å². The van der Waals surface area contributed by atoms with Crippen LogP contribution in [0, 0.1) is 0 Å². The zero-order valence-electron chi connectivity index (χ0n) is 17.8. The van der Waals surface area contributed by atoms with Crippen molar-refractivity contribution in [3.8, 4) is 22.5 Å². The molecule has 0 aliphatic heterocycles. The highest BCUT2D eigenvalue weighted by Gasteiger charge is 2.16. The molecule has 1 heterocycles. The highest BCUT2D eigenvalue weighted by molar-refractivity contribution is 9.10. The Balaban J connectivity index is 1.57. The molecule has 3 aromatic carbocycles. The van der Waals surface area contributed by atoms with Gasteiger partial charge in [0.15, 0.2) is 0 Å². The summed E-state index contributed by atoms with van der Waals surface area (Å²) in [6, 6.07) is 19.7. The summed E-state index contributed by atoms with van der Waals surface area (Å²) >= 11 is 3.38. The van der Waals surface area contributed by atoms with Crippen molar-refractivity contribution in [2.75, 3.05) is 24.7 Å². The molecule has 0 saturated heterocycles. The first kappa shape index (κ1) is 22.2. The van der Waals surface area contributed by atoms with Gasteiger partial charge in [0.05, 0.1) is 0 Å². The van der Waals surface area contributed by atoms with Gasteiger partial charge in [-0.1, -0.05) is 40.2 Å². The van der Waals surface area contributed by atoms with E-state index in [0.717, 1.165) is 15.6 Å². The molecule has 0 spiro atoms. The summed E-state index contributed by atoms with van der Waals surface area (Å²) in [5.74, 6) is 0.260. The first-order chi connectivity index (χ1) is 15.9. The number of hydrogen-bond acceptors (Lipinski definition) is 5. The lowest BCUT2D eigenvalue weighted by Gasteiger charge is -2.14. The zero-order chi connectivity index (χ0) is 23.4. The van der Waals surface area contributed by atoms with E-state index < -0.39 is 0 Å². The quantitative estimate of drug-likeness (QED) is 0.365. The van der Waals surface area contributed by atoms with Crippen molar-refractivity contribution < 1.29 is 9.59 Å². The fraction of sp³-hybridized carbons (Fsp3) is 0.0870. The van der Waals surface area contributed by atoms with Crippen molar-refractivity contribution in [2.45, 2.75) is 0 Å². The van der Waals surface area contributed by atoms with Gasteiger partial charge in [-0.05, 0) is 58.8 Å². The molecule has 0 radical (unpaired) electrons. The van der Waals surface area contributed by atoms with Gasteiger partial charge in [-0.3, -0.25) is 4.79 Å². The number of nitrogens with zero attached hydrogens (tertiary/aromatic N) is 4. The number of aromatic amines is 1. The van der Waals surface area contributed by atoms with Crippen LogP contribution >= 0.6 is 15.9 Å². The fourth-order valence-corrected chi connectivity index (χ4v) is 3.64. The predicted octanol–water partition coefficient (Wildman–Crippen LogP) is 4.64. The topological polar surface area (TPSA) is 116 Å². The molecule has 33 heavy (non-hydrogen) atoms.